The minimum Gasteiger partial charge on any atom is -0.497 e. The van der Waals surface area contributed by atoms with Gasteiger partial charge in [0.15, 0.2) is 0 Å². The summed E-state index contributed by atoms with van der Waals surface area (Å²) in [5, 5.41) is 7.80. The molecule has 88 valence electrons. The van der Waals surface area contributed by atoms with Gasteiger partial charge in [0, 0.05) is 6.07 Å². The van der Waals surface area contributed by atoms with E-state index in [0.29, 0.717) is 6.42 Å². The molecule has 2 aromatic rings. The molecule has 0 amide bonds. The van der Waals surface area contributed by atoms with Crippen molar-refractivity contribution in [3.63, 3.8) is 0 Å². The van der Waals surface area contributed by atoms with Crippen LogP contribution < -0.4 is 4.74 Å². The zero-order valence-corrected chi connectivity index (χ0v) is 9.75. The number of ketones is 1. The fraction of sp³-hybridized carbons (Fsp3) is 0.250. The third kappa shape index (κ3) is 2.50. The number of aromatic nitrogens is 3. The molecule has 0 N–H and O–H groups in total. The van der Waals surface area contributed by atoms with Gasteiger partial charge in [-0.15, -0.1) is 5.10 Å². The molecular formula is C12H13N3O2. The van der Waals surface area contributed by atoms with Crippen LogP contribution in [0.3, 0.4) is 0 Å². The molecule has 0 aliphatic carbocycles. The van der Waals surface area contributed by atoms with Crippen molar-refractivity contribution in [2.24, 2.45) is 0 Å². The highest BCUT2D eigenvalue weighted by Gasteiger charge is 2.08. The first-order valence-corrected chi connectivity index (χ1v) is 5.24. The first-order chi connectivity index (χ1) is 8.20. The van der Waals surface area contributed by atoms with Gasteiger partial charge < -0.3 is 4.74 Å². The second-order valence-corrected chi connectivity index (χ2v) is 3.72. The lowest BCUT2D eigenvalue weighted by atomic mass is 10.2. The third-order valence-electron chi connectivity index (χ3n) is 2.35. The minimum atomic E-state index is 0.0800. The minimum absolute atomic E-state index is 0.0800. The van der Waals surface area contributed by atoms with E-state index in [1.54, 1.807) is 24.9 Å². The number of hydrogen-bond donors (Lipinski definition) is 0. The number of rotatable bonds is 4. The van der Waals surface area contributed by atoms with E-state index in [4.69, 9.17) is 4.74 Å². The average Bonchev–Trinajstić information content (AvgIpc) is 2.76. The number of hydrogen-bond acceptors (Lipinski definition) is 4. The topological polar surface area (TPSA) is 57.0 Å². The number of carbonyl (C=O) groups is 1. The molecule has 0 atom stereocenters. The number of carbonyl (C=O) groups excluding carboxylic acids is 1. The maximum absolute atomic E-state index is 11.1. The molecule has 0 aliphatic rings. The van der Waals surface area contributed by atoms with Crippen LogP contribution in [-0.4, -0.2) is 27.9 Å². The fourth-order valence-corrected chi connectivity index (χ4v) is 1.59. The largest absolute Gasteiger partial charge is 0.497 e. The van der Waals surface area contributed by atoms with Crippen molar-refractivity contribution >= 4 is 5.78 Å². The monoisotopic (exact) mass is 231 g/mol. The van der Waals surface area contributed by atoms with Crippen molar-refractivity contribution in [2.45, 2.75) is 13.3 Å². The van der Waals surface area contributed by atoms with Gasteiger partial charge in [-0.2, -0.15) is 0 Å². The molecule has 2 rings (SSSR count). The van der Waals surface area contributed by atoms with Crippen LogP contribution in [0.15, 0.2) is 30.5 Å². The van der Waals surface area contributed by atoms with Gasteiger partial charge in [0.25, 0.3) is 0 Å². The highest BCUT2D eigenvalue weighted by atomic mass is 16.5. The van der Waals surface area contributed by atoms with E-state index < -0.39 is 0 Å². The predicted octanol–water partition coefficient (Wildman–Crippen LogP) is 1.41. The van der Waals surface area contributed by atoms with Crippen LogP contribution in [0.1, 0.15) is 12.6 Å². The van der Waals surface area contributed by atoms with E-state index in [1.165, 1.54) is 0 Å². The first kappa shape index (κ1) is 11.3. The summed E-state index contributed by atoms with van der Waals surface area (Å²) in [5.74, 6) is 0.822. The summed E-state index contributed by atoms with van der Waals surface area (Å²) in [6.45, 7) is 1.54. The van der Waals surface area contributed by atoms with Crippen LogP contribution >= 0.6 is 0 Å². The van der Waals surface area contributed by atoms with Crippen LogP contribution in [0.2, 0.25) is 0 Å². The van der Waals surface area contributed by atoms with Crippen LogP contribution in [-0.2, 0) is 11.2 Å². The molecule has 0 saturated heterocycles. The Kier molecular flexibility index (Phi) is 3.18. The lowest BCUT2D eigenvalue weighted by Crippen LogP contribution is -2.06. The Morgan fingerprint density at radius 3 is 3.00 bits per heavy atom. The van der Waals surface area contributed by atoms with Gasteiger partial charge in [0.05, 0.1) is 31.1 Å². The molecule has 1 aromatic heterocycles. The maximum Gasteiger partial charge on any atom is 0.135 e. The summed E-state index contributed by atoms with van der Waals surface area (Å²) in [4.78, 5) is 11.1. The van der Waals surface area contributed by atoms with Gasteiger partial charge in [-0.25, -0.2) is 4.68 Å². The summed E-state index contributed by atoms with van der Waals surface area (Å²) in [6, 6.07) is 7.46. The summed E-state index contributed by atoms with van der Waals surface area (Å²) >= 11 is 0. The molecule has 1 heterocycles. The van der Waals surface area contributed by atoms with Crippen molar-refractivity contribution in [3.8, 4) is 11.4 Å². The summed E-state index contributed by atoms with van der Waals surface area (Å²) in [7, 11) is 1.61. The summed E-state index contributed by atoms with van der Waals surface area (Å²) < 4.78 is 6.79. The standard InChI is InChI=1S/C12H13N3O2/c1-9(16)6-11-8-13-14-15(11)10-4-3-5-12(7-10)17-2/h3-5,7-8H,6H2,1-2H3. The normalized spacial score (nSPS) is 10.2. The Morgan fingerprint density at radius 2 is 2.29 bits per heavy atom. The van der Waals surface area contributed by atoms with E-state index in [-0.39, 0.29) is 5.78 Å². The predicted molar refractivity (Wildman–Crippen MR) is 62.3 cm³/mol. The van der Waals surface area contributed by atoms with E-state index in [2.05, 4.69) is 10.3 Å². The lowest BCUT2D eigenvalue weighted by Gasteiger charge is -2.06. The number of Topliss-reactive ketones (excluding diaryl/α,β-unsaturated/α-hetero) is 1. The Hall–Kier alpha value is -2.17. The van der Waals surface area contributed by atoms with Crippen molar-refractivity contribution in [2.75, 3.05) is 7.11 Å². The van der Waals surface area contributed by atoms with Crippen LogP contribution in [0.4, 0.5) is 0 Å². The Balaban J connectivity index is 2.38. The average molecular weight is 231 g/mol. The molecule has 5 heteroatoms. The number of ether oxygens (including phenoxy) is 1. The fourth-order valence-electron chi connectivity index (χ4n) is 1.59. The maximum atomic E-state index is 11.1. The van der Waals surface area contributed by atoms with Crippen LogP contribution in [0.25, 0.3) is 5.69 Å². The lowest BCUT2D eigenvalue weighted by molar-refractivity contribution is -0.116. The Bertz CT molecular complexity index is 534. The highest BCUT2D eigenvalue weighted by molar-refractivity contribution is 5.77. The second kappa shape index (κ2) is 4.78. The number of nitrogens with zero attached hydrogens (tertiary/aromatic N) is 3. The van der Waals surface area contributed by atoms with Gasteiger partial charge in [0.2, 0.25) is 0 Å². The molecule has 0 radical (unpaired) electrons. The van der Waals surface area contributed by atoms with Crippen LogP contribution in [0.5, 0.6) is 5.75 Å². The molecule has 0 bridgehead atoms. The molecular weight excluding hydrogens is 218 g/mol. The quantitative estimate of drug-likeness (QED) is 0.798. The summed E-state index contributed by atoms with van der Waals surface area (Å²) in [6.07, 6.45) is 1.92. The van der Waals surface area contributed by atoms with Crippen molar-refractivity contribution in [1.29, 1.82) is 0 Å². The zero-order valence-electron chi connectivity index (χ0n) is 9.75. The zero-order chi connectivity index (χ0) is 12.3. The molecule has 0 unspecified atom stereocenters. The molecule has 0 spiro atoms. The number of benzene rings is 1. The van der Waals surface area contributed by atoms with Gasteiger partial charge in [-0.05, 0) is 19.1 Å². The van der Waals surface area contributed by atoms with E-state index in [0.717, 1.165) is 17.1 Å². The van der Waals surface area contributed by atoms with Gasteiger partial charge in [-0.1, -0.05) is 11.3 Å². The third-order valence-corrected chi connectivity index (χ3v) is 2.35. The highest BCUT2D eigenvalue weighted by Crippen LogP contribution is 2.17. The molecule has 0 saturated carbocycles. The van der Waals surface area contributed by atoms with Gasteiger partial charge >= 0.3 is 0 Å². The number of methoxy groups -OCH3 is 1. The van der Waals surface area contributed by atoms with Gasteiger partial charge in [0.1, 0.15) is 11.5 Å². The van der Waals surface area contributed by atoms with E-state index >= 15 is 0 Å². The molecule has 17 heavy (non-hydrogen) atoms. The summed E-state index contributed by atoms with van der Waals surface area (Å²) in [5.41, 5.74) is 1.60. The van der Waals surface area contributed by atoms with Crippen molar-refractivity contribution in [1.82, 2.24) is 15.0 Å². The van der Waals surface area contributed by atoms with Crippen molar-refractivity contribution in [3.05, 3.63) is 36.2 Å². The SMILES string of the molecule is COc1cccc(-n2nncc2CC(C)=O)c1. The van der Waals surface area contributed by atoms with Gasteiger partial charge in [-0.3, -0.25) is 4.79 Å². The molecule has 0 fully saturated rings. The molecule has 5 nitrogen and oxygen atoms in total. The molecule has 0 aliphatic heterocycles. The smallest absolute Gasteiger partial charge is 0.135 e. The Labute approximate surface area is 99.0 Å². The van der Waals surface area contributed by atoms with Crippen LogP contribution in [0, 0.1) is 0 Å². The van der Waals surface area contributed by atoms with E-state index in [9.17, 15) is 4.79 Å². The molecule has 1 aromatic carbocycles. The van der Waals surface area contributed by atoms with E-state index in [1.807, 2.05) is 24.3 Å². The Morgan fingerprint density at radius 1 is 1.47 bits per heavy atom. The van der Waals surface area contributed by atoms with Crippen molar-refractivity contribution < 1.29 is 9.53 Å². The first-order valence-electron chi connectivity index (χ1n) is 5.24. The second-order valence-electron chi connectivity index (χ2n) is 3.72.